The normalized spacial score (nSPS) is 14.2. The Balaban J connectivity index is 0.00000576. The van der Waals surface area contributed by atoms with Crippen LogP contribution in [0.1, 0.15) is 59.1 Å². The lowest BCUT2D eigenvalue weighted by molar-refractivity contribution is -0.126. The first-order chi connectivity index (χ1) is 11.2. The lowest BCUT2D eigenvalue weighted by Crippen LogP contribution is -2.52. The molecule has 1 amide bonds. The summed E-state index contributed by atoms with van der Waals surface area (Å²) in [6, 6.07) is 5.56. The molecule has 0 spiro atoms. The molecule has 0 heterocycles. The molecule has 144 valence electrons. The number of carbonyl (C=O) groups excluding carboxylic acids is 1. The zero-order valence-electron chi connectivity index (χ0n) is 16.2. The Morgan fingerprint density at radius 1 is 1.28 bits per heavy atom. The molecule has 2 atom stereocenters. The molecule has 0 aromatic heterocycles. The summed E-state index contributed by atoms with van der Waals surface area (Å²) >= 11 is 0. The van der Waals surface area contributed by atoms with Crippen LogP contribution >= 0.6 is 12.4 Å². The van der Waals surface area contributed by atoms with E-state index in [2.05, 4.69) is 19.2 Å². The lowest BCUT2D eigenvalue weighted by Gasteiger charge is -2.26. The molecule has 1 aromatic rings. The van der Waals surface area contributed by atoms with E-state index in [0.717, 1.165) is 12.0 Å². The third-order valence-corrected chi connectivity index (χ3v) is 3.90. The van der Waals surface area contributed by atoms with Crippen molar-refractivity contribution in [3.05, 3.63) is 23.8 Å². The van der Waals surface area contributed by atoms with Crippen molar-refractivity contribution in [3.63, 3.8) is 0 Å². The molecule has 0 fully saturated rings. The van der Waals surface area contributed by atoms with Crippen molar-refractivity contribution in [2.45, 2.75) is 59.0 Å². The standard InChI is InChI=1S/C19H32N2O3.ClH/c1-7-10-19(5,20)18(22)21-14(4)15-8-9-16(17(11-15)23-6)24-12-13(2)3;/h8-9,11,13-14H,7,10,12,20H2,1-6H3,(H,21,22);1H. The average molecular weight is 373 g/mol. The summed E-state index contributed by atoms with van der Waals surface area (Å²) < 4.78 is 11.2. The molecule has 3 N–H and O–H groups in total. The first-order valence-corrected chi connectivity index (χ1v) is 8.61. The minimum absolute atomic E-state index is 0. The predicted molar refractivity (Wildman–Crippen MR) is 105 cm³/mol. The van der Waals surface area contributed by atoms with Gasteiger partial charge in [-0.05, 0) is 43.9 Å². The van der Waals surface area contributed by atoms with Crippen molar-refractivity contribution in [2.75, 3.05) is 13.7 Å². The molecule has 6 heteroatoms. The monoisotopic (exact) mass is 372 g/mol. The zero-order chi connectivity index (χ0) is 18.3. The number of amides is 1. The maximum absolute atomic E-state index is 12.3. The summed E-state index contributed by atoms with van der Waals surface area (Å²) in [6.45, 7) is 10.5. The number of nitrogens with one attached hydrogen (secondary N) is 1. The Bertz CT molecular complexity index is 547. The van der Waals surface area contributed by atoms with Crippen LogP contribution in [0.2, 0.25) is 0 Å². The van der Waals surface area contributed by atoms with Crippen LogP contribution in [0.4, 0.5) is 0 Å². The molecule has 2 unspecified atom stereocenters. The van der Waals surface area contributed by atoms with Gasteiger partial charge in [-0.1, -0.05) is 33.3 Å². The van der Waals surface area contributed by atoms with E-state index >= 15 is 0 Å². The first kappa shape index (κ1) is 23.5. The topological polar surface area (TPSA) is 73.6 Å². The van der Waals surface area contributed by atoms with Gasteiger partial charge in [0, 0.05) is 0 Å². The summed E-state index contributed by atoms with van der Waals surface area (Å²) in [6.07, 6.45) is 1.52. The third kappa shape index (κ3) is 7.12. The van der Waals surface area contributed by atoms with Gasteiger partial charge in [0.2, 0.25) is 5.91 Å². The summed E-state index contributed by atoms with van der Waals surface area (Å²) in [5.41, 5.74) is 6.18. The van der Waals surface area contributed by atoms with Gasteiger partial charge < -0.3 is 20.5 Å². The fourth-order valence-corrected chi connectivity index (χ4v) is 2.41. The molecule has 25 heavy (non-hydrogen) atoms. The largest absolute Gasteiger partial charge is 0.493 e. The number of rotatable bonds is 9. The Morgan fingerprint density at radius 2 is 1.92 bits per heavy atom. The maximum Gasteiger partial charge on any atom is 0.240 e. The van der Waals surface area contributed by atoms with Gasteiger partial charge >= 0.3 is 0 Å². The second-order valence-corrected chi connectivity index (χ2v) is 6.98. The lowest BCUT2D eigenvalue weighted by atomic mass is 9.95. The van der Waals surface area contributed by atoms with Crippen LogP contribution in [-0.4, -0.2) is 25.2 Å². The second-order valence-electron chi connectivity index (χ2n) is 6.98. The molecule has 0 bridgehead atoms. The number of hydrogen-bond donors (Lipinski definition) is 2. The zero-order valence-corrected chi connectivity index (χ0v) is 17.0. The van der Waals surface area contributed by atoms with Crippen molar-refractivity contribution >= 4 is 18.3 Å². The van der Waals surface area contributed by atoms with Crippen LogP contribution in [0.25, 0.3) is 0 Å². The summed E-state index contributed by atoms with van der Waals surface area (Å²) in [7, 11) is 1.61. The van der Waals surface area contributed by atoms with E-state index in [-0.39, 0.29) is 24.4 Å². The van der Waals surface area contributed by atoms with E-state index in [1.165, 1.54) is 0 Å². The van der Waals surface area contributed by atoms with Crippen LogP contribution in [0, 0.1) is 5.92 Å². The highest BCUT2D eigenvalue weighted by atomic mass is 35.5. The van der Waals surface area contributed by atoms with Crippen LogP contribution in [0.3, 0.4) is 0 Å². The SMILES string of the molecule is CCCC(C)(N)C(=O)NC(C)c1ccc(OCC(C)C)c(OC)c1.Cl. The highest BCUT2D eigenvalue weighted by Gasteiger charge is 2.28. The van der Waals surface area contributed by atoms with Crippen molar-refractivity contribution in [2.24, 2.45) is 11.7 Å². The number of ether oxygens (including phenoxy) is 2. The van der Waals surface area contributed by atoms with Gasteiger partial charge in [-0.3, -0.25) is 4.79 Å². The summed E-state index contributed by atoms with van der Waals surface area (Å²) in [5, 5.41) is 2.98. The highest BCUT2D eigenvalue weighted by molar-refractivity contribution is 5.86. The molecule has 0 saturated heterocycles. The van der Waals surface area contributed by atoms with Gasteiger partial charge in [0.1, 0.15) is 0 Å². The van der Waals surface area contributed by atoms with E-state index in [9.17, 15) is 4.79 Å². The molecule has 0 saturated carbocycles. The minimum atomic E-state index is -0.854. The van der Waals surface area contributed by atoms with Gasteiger partial charge in [0.05, 0.1) is 25.3 Å². The van der Waals surface area contributed by atoms with Crippen LogP contribution in [0.15, 0.2) is 18.2 Å². The third-order valence-electron chi connectivity index (χ3n) is 3.90. The van der Waals surface area contributed by atoms with Gasteiger partial charge in [0.15, 0.2) is 11.5 Å². The Hall–Kier alpha value is -1.46. The van der Waals surface area contributed by atoms with Gasteiger partial charge in [-0.25, -0.2) is 0 Å². The van der Waals surface area contributed by atoms with Gasteiger partial charge in [-0.2, -0.15) is 0 Å². The van der Waals surface area contributed by atoms with E-state index in [0.29, 0.717) is 30.4 Å². The van der Waals surface area contributed by atoms with E-state index in [1.807, 2.05) is 32.0 Å². The molecule has 1 rings (SSSR count). The van der Waals surface area contributed by atoms with Crippen LogP contribution < -0.4 is 20.5 Å². The average Bonchev–Trinajstić information content (AvgIpc) is 2.52. The summed E-state index contributed by atoms with van der Waals surface area (Å²) in [5.74, 6) is 1.67. The molecule has 0 radical (unpaired) electrons. The van der Waals surface area contributed by atoms with Crippen molar-refractivity contribution in [1.29, 1.82) is 0 Å². The summed E-state index contributed by atoms with van der Waals surface area (Å²) in [4.78, 5) is 12.3. The van der Waals surface area contributed by atoms with E-state index in [4.69, 9.17) is 15.2 Å². The van der Waals surface area contributed by atoms with Crippen molar-refractivity contribution < 1.29 is 14.3 Å². The van der Waals surface area contributed by atoms with Crippen LogP contribution in [0.5, 0.6) is 11.5 Å². The molecule has 0 aliphatic carbocycles. The molecule has 0 aliphatic rings. The van der Waals surface area contributed by atoms with Crippen molar-refractivity contribution in [1.82, 2.24) is 5.32 Å². The fraction of sp³-hybridized carbons (Fsp3) is 0.632. The molecule has 1 aromatic carbocycles. The number of hydrogen-bond acceptors (Lipinski definition) is 4. The number of carbonyl (C=O) groups is 1. The van der Waals surface area contributed by atoms with Gasteiger partial charge in [-0.15, -0.1) is 12.4 Å². The number of halogens is 1. The smallest absolute Gasteiger partial charge is 0.240 e. The van der Waals surface area contributed by atoms with Gasteiger partial charge in [0.25, 0.3) is 0 Å². The molecule has 0 aliphatic heterocycles. The van der Waals surface area contributed by atoms with E-state index in [1.54, 1.807) is 14.0 Å². The predicted octanol–water partition coefficient (Wildman–Crippen LogP) is 3.85. The second kappa shape index (κ2) is 10.5. The Kier molecular flexibility index (Phi) is 9.90. The van der Waals surface area contributed by atoms with Crippen LogP contribution in [-0.2, 0) is 4.79 Å². The first-order valence-electron chi connectivity index (χ1n) is 8.61. The number of nitrogens with two attached hydrogens (primary N) is 1. The quantitative estimate of drug-likeness (QED) is 0.690. The minimum Gasteiger partial charge on any atom is -0.493 e. The molecular weight excluding hydrogens is 340 g/mol. The van der Waals surface area contributed by atoms with E-state index < -0.39 is 5.54 Å². The number of benzene rings is 1. The number of methoxy groups -OCH3 is 1. The Labute approximate surface area is 158 Å². The van der Waals surface area contributed by atoms with Crippen molar-refractivity contribution in [3.8, 4) is 11.5 Å². The molecule has 5 nitrogen and oxygen atoms in total. The fourth-order valence-electron chi connectivity index (χ4n) is 2.41. The Morgan fingerprint density at radius 3 is 2.44 bits per heavy atom. The maximum atomic E-state index is 12.3. The molecular formula is C19H33ClN2O3. The highest BCUT2D eigenvalue weighted by Crippen LogP contribution is 2.30.